The summed E-state index contributed by atoms with van der Waals surface area (Å²) in [7, 11) is 0. The van der Waals surface area contributed by atoms with E-state index >= 15 is 0 Å². The second-order valence-corrected chi connectivity index (χ2v) is 12.4. The van der Waals surface area contributed by atoms with E-state index in [0.717, 1.165) is 87.9 Å². The van der Waals surface area contributed by atoms with Gasteiger partial charge in [-0.1, -0.05) is 0 Å². The number of carbonyl (C=O) groups is 1. The zero-order valence-corrected chi connectivity index (χ0v) is 23.1. The SMILES string of the molecule is O=C(NCCN1CCNCC1)c1ccc(NC2CC3(CCN(c4ncnc5sc(CC(F)(F)F)cc45)C3)C2)cc1. The predicted octanol–water partition coefficient (Wildman–Crippen LogP) is 3.90. The van der Waals surface area contributed by atoms with Gasteiger partial charge < -0.3 is 20.9 Å². The van der Waals surface area contributed by atoms with Crippen LogP contribution in [0, 0.1) is 5.41 Å². The Kier molecular flexibility index (Phi) is 7.58. The van der Waals surface area contributed by atoms with Gasteiger partial charge >= 0.3 is 6.18 Å². The average molecular weight is 574 g/mol. The Morgan fingerprint density at radius 3 is 2.65 bits per heavy atom. The van der Waals surface area contributed by atoms with Crippen molar-refractivity contribution >= 4 is 39.0 Å². The lowest BCUT2D eigenvalue weighted by atomic mass is 9.65. The van der Waals surface area contributed by atoms with Crippen LogP contribution in [0.15, 0.2) is 36.7 Å². The fourth-order valence-electron chi connectivity index (χ4n) is 6.28. The van der Waals surface area contributed by atoms with E-state index in [1.54, 1.807) is 6.07 Å². The van der Waals surface area contributed by atoms with E-state index in [4.69, 9.17) is 0 Å². The van der Waals surface area contributed by atoms with Gasteiger partial charge in [-0.2, -0.15) is 13.2 Å². The van der Waals surface area contributed by atoms with E-state index < -0.39 is 12.6 Å². The van der Waals surface area contributed by atoms with Crippen LogP contribution in [0.1, 0.15) is 34.5 Å². The highest BCUT2D eigenvalue weighted by Crippen LogP contribution is 2.50. The Labute approximate surface area is 235 Å². The molecule has 3 aromatic rings. The van der Waals surface area contributed by atoms with Crippen molar-refractivity contribution in [2.45, 2.75) is 37.9 Å². The van der Waals surface area contributed by atoms with Crippen molar-refractivity contribution in [1.29, 1.82) is 0 Å². The van der Waals surface area contributed by atoms with Gasteiger partial charge in [0, 0.05) is 74.5 Å². The largest absolute Gasteiger partial charge is 0.393 e. The third-order valence-electron chi connectivity index (χ3n) is 8.27. The van der Waals surface area contributed by atoms with Gasteiger partial charge in [-0.15, -0.1) is 11.3 Å². The van der Waals surface area contributed by atoms with Gasteiger partial charge in [0.1, 0.15) is 17.0 Å². The molecular formula is C28H34F3N7OS. The van der Waals surface area contributed by atoms with Crippen molar-refractivity contribution in [2.75, 3.05) is 62.6 Å². The number of benzene rings is 1. The summed E-state index contributed by atoms with van der Waals surface area (Å²) in [6, 6.07) is 9.61. The number of halogens is 3. The van der Waals surface area contributed by atoms with Crippen LogP contribution in [0.5, 0.6) is 0 Å². The molecule has 4 heterocycles. The summed E-state index contributed by atoms with van der Waals surface area (Å²) in [5, 5.41) is 10.7. The van der Waals surface area contributed by atoms with Crippen molar-refractivity contribution in [3.05, 3.63) is 47.1 Å². The number of nitrogens with zero attached hydrogens (tertiary/aromatic N) is 4. The number of thiophene rings is 1. The lowest BCUT2D eigenvalue weighted by Gasteiger charge is -2.46. The molecular weight excluding hydrogens is 539 g/mol. The molecule has 2 aromatic heterocycles. The molecule has 1 amide bonds. The van der Waals surface area contributed by atoms with Gasteiger partial charge in [0.25, 0.3) is 5.91 Å². The molecule has 0 bridgehead atoms. The molecule has 1 aliphatic carbocycles. The summed E-state index contributed by atoms with van der Waals surface area (Å²) < 4.78 is 38.7. The van der Waals surface area contributed by atoms with E-state index in [1.165, 1.54) is 6.33 Å². The Hall–Kier alpha value is -2.96. The maximum Gasteiger partial charge on any atom is 0.393 e. The number of carbonyl (C=O) groups excluding carboxylic acids is 1. The minimum atomic E-state index is -4.24. The van der Waals surface area contributed by atoms with Crippen molar-refractivity contribution in [3.8, 4) is 0 Å². The highest BCUT2D eigenvalue weighted by molar-refractivity contribution is 7.18. The average Bonchev–Trinajstić information content (AvgIpc) is 3.53. The smallest absolute Gasteiger partial charge is 0.382 e. The molecule has 0 unspecified atom stereocenters. The molecule has 8 nitrogen and oxygen atoms in total. The summed E-state index contributed by atoms with van der Waals surface area (Å²) in [6.07, 6.45) is -0.643. The van der Waals surface area contributed by atoms with Crippen molar-refractivity contribution < 1.29 is 18.0 Å². The summed E-state index contributed by atoms with van der Waals surface area (Å²) >= 11 is 1.09. The van der Waals surface area contributed by atoms with E-state index in [2.05, 4.69) is 35.7 Å². The lowest BCUT2D eigenvalue weighted by Crippen LogP contribution is -2.46. The maximum absolute atomic E-state index is 12.9. The number of alkyl halides is 3. The number of aromatic nitrogens is 2. The van der Waals surface area contributed by atoms with Crippen LogP contribution >= 0.6 is 11.3 Å². The molecule has 3 aliphatic rings. The Morgan fingerprint density at radius 1 is 1.12 bits per heavy atom. The second-order valence-electron chi connectivity index (χ2n) is 11.3. The van der Waals surface area contributed by atoms with E-state index in [0.29, 0.717) is 28.4 Å². The van der Waals surface area contributed by atoms with Crippen molar-refractivity contribution in [1.82, 2.24) is 25.5 Å². The maximum atomic E-state index is 12.9. The normalized spacial score (nSPS) is 23.5. The van der Waals surface area contributed by atoms with Crippen LogP contribution in [0.2, 0.25) is 0 Å². The molecule has 214 valence electrons. The first-order chi connectivity index (χ1) is 19.3. The third kappa shape index (κ3) is 6.18. The van der Waals surface area contributed by atoms with Crippen LogP contribution in [0.25, 0.3) is 10.2 Å². The number of nitrogens with one attached hydrogen (secondary N) is 3. The predicted molar refractivity (Wildman–Crippen MR) is 151 cm³/mol. The number of anilines is 2. The number of hydrogen-bond donors (Lipinski definition) is 3. The van der Waals surface area contributed by atoms with Gasteiger partial charge in [0.2, 0.25) is 0 Å². The van der Waals surface area contributed by atoms with Gasteiger partial charge in [0.05, 0.1) is 11.8 Å². The van der Waals surface area contributed by atoms with Gasteiger partial charge in [-0.25, -0.2) is 9.97 Å². The Bertz CT molecular complexity index is 1330. The Balaban J connectivity index is 0.989. The van der Waals surface area contributed by atoms with Gasteiger partial charge in [-0.3, -0.25) is 9.69 Å². The molecule has 3 fully saturated rings. The Morgan fingerprint density at radius 2 is 1.90 bits per heavy atom. The number of rotatable bonds is 8. The fourth-order valence-corrected chi connectivity index (χ4v) is 7.31. The van der Waals surface area contributed by atoms with Crippen molar-refractivity contribution in [2.24, 2.45) is 5.41 Å². The summed E-state index contributed by atoms with van der Waals surface area (Å²) in [5.41, 5.74) is 1.84. The molecule has 3 N–H and O–H groups in total. The summed E-state index contributed by atoms with van der Waals surface area (Å²) in [5.74, 6) is 0.690. The molecule has 1 aromatic carbocycles. The lowest BCUT2D eigenvalue weighted by molar-refractivity contribution is -0.126. The quantitative estimate of drug-likeness (QED) is 0.377. The van der Waals surface area contributed by atoms with Crippen LogP contribution in [0.4, 0.5) is 24.7 Å². The summed E-state index contributed by atoms with van der Waals surface area (Å²) in [4.78, 5) is 26.6. The third-order valence-corrected chi connectivity index (χ3v) is 9.31. The molecule has 1 spiro atoms. The zero-order valence-electron chi connectivity index (χ0n) is 22.3. The van der Waals surface area contributed by atoms with Crippen molar-refractivity contribution in [3.63, 3.8) is 0 Å². The molecule has 40 heavy (non-hydrogen) atoms. The van der Waals surface area contributed by atoms with Crippen LogP contribution in [-0.4, -0.2) is 85.4 Å². The van der Waals surface area contributed by atoms with E-state index in [1.807, 2.05) is 24.3 Å². The van der Waals surface area contributed by atoms with Gasteiger partial charge in [-0.05, 0) is 55.0 Å². The number of hydrogen-bond acceptors (Lipinski definition) is 8. The van der Waals surface area contributed by atoms with E-state index in [9.17, 15) is 18.0 Å². The molecule has 2 aliphatic heterocycles. The first-order valence-electron chi connectivity index (χ1n) is 13.9. The molecule has 6 rings (SSSR count). The minimum absolute atomic E-state index is 0.0506. The first kappa shape index (κ1) is 27.2. The van der Waals surface area contributed by atoms with Gasteiger partial charge in [0.15, 0.2) is 0 Å². The molecule has 0 radical (unpaired) electrons. The first-order valence-corrected chi connectivity index (χ1v) is 14.7. The van der Waals surface area contributed by atoms with Crippen LogP contribution < -0.4 is 20.9 Å². The minimum Gasteiger partial charge on any atom is -0.382 e. The fraction of sp³-hybridized carbons (Fsp3) is 0.536. The topological polar surface area (TPSA) is 85.4 Å². The monoisotopic (exact) mass is 573 g/mol. The molecule has 1 saturated carbocycles. The molecule has 12 heteroatoms. The molecule has 0 atom stereocenters. The number of piperazine rings is 1. The number of amides is 1. The van der Waals surface area contributed by atoms with Crippen LogP contribution in [0.3, 0.4) is 0 Å². The summed E-state index contributed by atoms with van der Waals surface area (Å²) in [6.45, 7) is 7.21. The van der Waals surface area contributed by atoms with Crippen LogP contribution in [-0.2, 0) is 6.42 Å². The second kappa shape index (κ2) is 11.1. The standard InChI is InChI=1S/C28H34F3N7OS/c29-28(30,31)16-22-13-23-24(34-18-35-26(23)40-22)38-9-5-27(17-38)14-21(15-27)36-20-3-1-19(2-4-20)25(39)33-8-12-37-10-6-32-7-11-37/h1-4,13,18,21,32,36H,5-12,14-17H2,(H,33,39). The van der Waals surface area contributed by atoms with E-state index in [-0.39, 0.29) is 16.2 Å². The number of fused-ring (bicyclic) bond motifs is 1. The highest BCUT2D eigenvalue weighted by Gasteiger charge is 2.49. The highest BCUT2D eigenvalue weighted by atomic mass is 32.1. The molecule has 2 saturated heterocycles. The zero-order chi connectivity index (χ0) is 27.7.